The van der Waals surface area contributed by atoms with E-state index in [1.165, 1.54) is 0 Å². The smallest absolute Gasteiger partial charge is 0.260 e. The molecule has 0 aliphatic heterocycles. The molecular weight excluding hydrogens is 314 g/mol. The van der Waals surface area contributed by atoms with Gasteiger partial charge in [0.25, 0.3) is 5.91 Å². The van der Waals surface area contributed by atoms with Crippen molar-refractivity contribution in [2.45, 2.75) is 40.7 Å². The number of aryl methyl sites for hydroxylation is 3. The summed E-state index contributed by atoms with van der Waals surface area (Å²) in [6, 6.07) is 11.9. The van der Waals surface area contributed by atoms with E-state index in [9.17, 15) is 4.79 Å². The number of hydrogen-bond donors (Lipinski definition) is 1. The fourth-order valence-electron chi connectivity index (χ4n) is 2.60. The lowest BCUT2D eigenvalue weighted by Crippen LogP contribution is -2.38. The van der Waals surface area contributed by atoms with Crippen molar-refractivity contribution < 1.29 is 14.3 Å². The molecule has 0 unspecified atom stereocenters. The molecule has 1 atom stereocenters. The summed E-state index contributed by atoms with van der Waals surface area (Å²) in [6.45, 7) is 10.7. The summed E-state index contributed by atoms with van der Waals surface area (Å²) < 4.78 is 11.5. The molecule has 0 heterocycles. The van der Waals surface area contributed by atoms with Gasteiger partial charge in [-0.3, -0.25) is 4.79 Å². The third kappa shape index (κ3) is 5.52. The van der Waals surface area contributed by atoms with E-state index in [2.05, 4.69) is 11.4 Å². The van der Waals surface area contributed by atoms with Crippen LogP contribution in [-0.2, 0) is 4.79 Å². The number of rotatable bonds is 7. The third-order valence-corrected chi connectivity index (χ3v) is 4.09. The molecule has 134 valence electrons. The highest BCUT2D eigenvalue weighted by Gasteiger charge is 2.15. The monoisotopic (exact) mass is 341 g/mol. The second-order valence-electron chi connectivity index (χ2n) is 6.42. The van der Waals surface area contributed by atoms with E-state index in [1.807, 2.05) is 58.0 Å². The molecule has 4 heteroatoms. The summed E-state index contributed by atoms with van der Waals surface area (Å²) in [5.41, 5.74) is 4.52. The van der Waals surface area contributed by atoms with Gasteiger partial charge in [0.2, 0.25) is 0 Å². The molecule has 0 aromatic heterocycles. The van der Waals surface area contributed by atoms with Gasteiger partial charge in [-0.05, 0) is 75.1 Å². The van der Waals surface area contributed by atoms with Gasteiger partial charge < -0.3 is 14.8 Å². The Hall–Kier alpha value is -2.49. The van der Waals surface area contributed by atoms with Crippen molar-refractivity contribution in [2.24, 2.45) is 0 Å². The van der Waals surface area contributed by atoms with Crippen LogP contribution in [0.5, 0.6) is 11.5 Å². The topological polar surface area (TPSA) is 47.6 Å². The Morgan fingerprint density at radius 1 is 1.08 bits per heavy atom. The molecule has 0 saturated heterocycles. The lowest BCUT2D eigenvalue weighted by atomic mass is 10.1. The van der Waals surface area contributed by atoms with E-state index in [0.717, 1.165) is 33.8 Å². The van der Waals surface area contributed by atoms with E-state index < -0.39 is 6.10 Å². The van der Waals surface area contributed by atoms with Crippen molar-refractivity contribution in [3.63, 3.8) is 0 Å². The normalized spacial score (nSPS) is 11.7. The summed E-state index contributed by atoms with van der Waals surface area (Å²) >= 11 is 0. The average Bonchev–Trinajstić information content (AvgIpc) is 2.54. The van der Waals surface area contributed by atoms with Gasteiger partial charge in [-0.15, -0.1) is 0 Å². The Kier molecular flexibility index (Phi) is 6.45. The van der Waals surface area contributed by atoms with Crippen LogP contribution in [0.25, 0.3) is 0 Å². The van der Waals surface area contributed by atoms with E-state index >= 15 is 0 Å². The van der Waals surface area contributed by atoms with Crippen LogP contribution in [0.3, 0.4) is 0 Å². The zero-order valence-electron chi connectivity index (χ0n) is 15.7. The van der Waals surface area contributed by atoms with Crippen LogP contribution in [0.1, 0.15) is 29.2 Å². The largest absolute Gasteiger partial charge is 0.492 e. The van der Waals surface area contributed by atoms with Crippen molar-refractivity contribution >= 4 is 5.91 Å². The minimum Gasteiger partial charge on any atom is -0.492 e. The predicted octanol–water partition coefficient (Wildman–Crippen LogP) is 3.88. The molecule has 0 aliphatic rings. The predicted molar refractivity (Wildman–Crippen MR) is 100 cm³/mol. The fourth-order valence-corrected chi connectivity index (χ4v) is 2.60. The van der Waals surface area contributed by atoms with Gasteiger partial charge in [-0.2, -0.15) is 0 Å². The highest BCUT2D eigenvalue weighted by molar-refractivity contribution is 5.80. The SMILES string of the molecule is Cc1cc(C)cc(OCCNC(=O)[C@@H](C)Oc2cccc(C)c2C)c1. The quantitative estimate of drug-likeness (QED) is 0.778. The molecule has 0 spiro atoms. The van der Waals surface area contributed by atoms with Crippen LogP contribution < -0.4 is 14.8 Å². The van der Waals surface area contributed by atoms with E-state index in [1.54, 1.807) is 6.92 Å². The van der Waals surface area contributed by atoms with Crippen molar-refractivity contribution in [3.8, 4) is 11.5 Å². The highest BCUT2D eigenvalue weighted by Crippen LogP contribution is 2.21. The summed E-state index contributed by atoms with van der Waals surface area (Å²) in [5, 5.41) is 2.85. The molecule has 4 nitrogen and oxygen atoms in total. The minimum atomic E-state index is -0.554. The molecule has 0 aliphatic carbocycles. The molecule has 0 saturated carbocycles. The van der Waals surface area contributed by atoms with Crippen molar-refractivity contribution in [1.82, 2.24) is 5.32 Å². The number of nitrogens with one attached hydrogen (secondary N) is 1. The van der Waals surface area contributed by atoms with Crippen LogP contribution in [0.4, 0.5) is 0 Å². The van der Waals surface area contributed by atoms with Crippen molar-refractivity contribution in [1.29, 1.82) is 0 Å². The molecular formula is C21H27NO3. The molecule has 0 bridgehead atoms. The Balaban J connectivity index is 1.78. The number of carbonyl (C=O) groups excluding carboxylic acids is 1. The molecule has 25 heavy (non-hydrogen) atoms. The summed E-state index contributed by atoms with van der Waals surface area (Å²) in [6.07, 6.45) is -0.554. The maximum atomic E-state index is 12.2. The van der Waals surface area contributed by atoms with Gasteiger partial charge in [0, 0.05) is 0 Å². The van der Waals surface area contributed by atoms with Crippen LogP contribution in [-0.4, -0.2) is 25.2 Å². The number of ether oxygens (including phenoxy) is 2. The van der Waals surface area contributed by atoms with Crippen molar-refractivity contribution in [2.75, 3.05) is 13.2 Å². The average molecular weight is 341 g/mol. The summed E-state index contributed by atoms with van der Waals surface area (Å²) in [7, 11) is 0. The number of hydrogen-bond acceptors (Lipinski definition) is 3. The zero-order valence-corrected chi connectivity index (χ0v) is 15.7. The van der Waals surface area contributed by atoms with Gasteiger partial charge in [0.1, 0.15) is 18.1 Å². The van der Waals surface area contributed by atoms with Crippen LogP contribution in [0.2, 0.25) is 0 Å². The van der Waals surface area contributed by atoms with E-state index in [4.69, 9.17) is 9.47 Å². The van der Waals surface area contributed by atoms with Crippen LogP contribution >= 0.6 is 0 Å². The summed E-state index contributed by atoms with van der Waals surface area (Å²) in [5.74, 6) is 1.42. The minimum absolute atomic E-state index is 0.148. The Bertz CT molecular complexity index is 720. The van der Waals surface area contributed by atoms with Gasteiger partial charge >= 0.3 is 0 Å². The standard InChI is InChI=1S/C21H27NO3/c1-14-11-15(2)13-19(12-14)24-10-9-22-21(23)18(5)25-20-8-6-7-16(3)17(20)4/h6-8,11-13,18H,9-10H2,1-5H3,(H,22,23)/t18-/m1/s1. The first kappa shape index (κ1) is 18.8. The maximum Gasteiger partial charge on any atom is 0.260 e. The molecule has 2 aromatic carbocycles. The second kappa shape index (κ2) is 8.56. The fraction of sp³-hybridized carbons (Fsp3) is 0.381. The van der Waals surface area contributed by atoms with E-state index in [-0.39, 0.29) is 5.91 Å². The first-order valence-electron chi connectivity index (χ1n) is 8.58. The van der Waals surface area contributed by atoms with Gasteiger partial charge in [0.05, 0.1) is 6.54 Å². The molecule has 1 N–H and O–H groups in total. The Labute approximate surface area is 150 Å². The lowest BCUT2D eigenvalue weighted by Gasteiger charge is -2.17. The first-order valence-corrected chi connectivity index (χ1v) is 8.58. The van der Waals surface area contributed by atoms with E-state index in [0.29, 0.717) is 13.2 Å². The lowest BCUT2D eigenvalue weighted by molar-refractivity contribution is -0.127. The van der Waals surface area contributed by atoms with Crippen LogP contribution in [0, 0.1) is 27.7 Å². The van der Waals surface area contributed by atoms with Gasteiger partial charge in [-0.25, -0.2) is 0 Å². The second-order valence-corrected chi connectivity index (χ2v) is 6.42. The molecule has 0 radical (unpaired) electrons. The molecule has 1 amide bonds. The number of carbonyl (C=O) groups is 1. The Morgan fingerprint density at radius 2 is 1.76 bits per heavy atom. The molecule has 0 fully saturated rings. The summed E-state index contributed by atoms with van der Waals surface area (Å²) in [4.78, 5) is 12.2. The molecule has 2 rings (SSSR count). The zero-order chi connectivity index (χ0) is 18.4. The maximum absolute atomic E-state index is 12.2. The third-order valence-electron chi connectivity index (χ3n) is 4.09. The Morgan fingerprint density at radius 3 is 2.44 bits per heavy atom. The van der Waals surface area contributed by atoms with Crippen molar-refractivity contribution in [3.05, 3.63) is 58.7 Å². The van der Waals surface area contributed by atoms with Gasteiger partial charge in [0.15, 0.2) is 6.10 Å². The first-order chi connectivity index (χ1) is 11.9. The highest BCUT2D eigenvalue weighted by atomic mass is 16.5. The van der Waals surface area contributed by atoms with Gasteiger partial charge in [-0.1, -0.05) is 18.2 Å². The molecule has 2 aromatic rings. The van der Waals surface area contributed by atoms with Crippen LogP contribution in [0.15, 0.2) is 36.4 Å². The number of benzene rings is 2. The number of amides is 1.